The second-order valence-electron chi connectivity index (χ2n) is 6.63. The molecule has 0 amide bonds. The van der Waals surface area contributed by atoms with Crippen LogP contribution in [0, 0.1) is 20.8 Å². The fourth-order valence-electron chi connectivity index (χ4n) is 3.55. The molecule has 1 aliphatic rings. The summed E-state index contributed by atoms with van der Waals surface area (Å²) in [6.07, 6.45) is 2.05. The molecular weight excluding hydrogens is 294 g/mol. The standard InChI is InChI=1S/C21H21N3/c1-13-10-15(3)21-18(11-13)14(2)12-20(22-21)24-23-19-9-8-16-6-4-5-7-17(16)19/h4-7,10-12H,8-9H2,1-3H3,(H,22,24). The van der Waals surface area contributed by atoms with Gasteiger partial charge in [0.2, 0.25) is 0 Å². The molecule has 24 heavy (non-hydrogen) atoms. The third-order valence-corrected chi connectivity index (χ3v) is 4.72. The minimum absolute atomic E-state index is 0.809. The summed E-state index contributed by atoms with van der Waals surface area (Å²) in [5.74, 6) is 0.809. The van der Waals surface area contributed by atoms with E-state index in [2.05, 4.69) is 73.8 Å². The molecular formula is C21H21N3. The van der Waals surface area contributed by atoms with E-state index in [0.717, 1.165) is 29.9 Å². The van der Waals surface area contributed by atoms with Gasteiger partial charge in [0, 0.05) is 10.9 Å². The van der Waals surface area contributed by atoms with Gasteiger partial charge in [0.1, 0.15) is 5.82 Å². The molecule has 4 rings (SSSR count). The van der Waals surface area contributed by atoms with Crippen molar-refractivity contribution in [1.82, 2.24) is 4.98 Å². The van der Waals surface area contributed by atoms with Crippen molar-refractivity contribution >= 4 is 22.4 Å². The SMILES string of the molecule is Cc1cc(C)c2nc(NN=C3CCc4ccccc43)cc(C)c2c1. The van der Waals surface area contributed by atoms with Gasteiger partial charge < -0.3 is 0 Å². The molecule has 0 saturated heterocycles. The molecule has 1 aromatic heterocycles. The maximum atomic E-state index is 4.78. The van der Waals surface area contributed by atoms with Gasteiger partial charge in [-0.25, -0.2) is 4.98 Å². The lowest BCUT2D eigenvalue weighted by molar-refractivity contribution is 1.09. The Bertz CT molecular complexity index is 970. The highest BCUT2D eigenvalue weighted by atomic mass is 15.3. The van der Waals surface area contributed by atoms with Crippen LogP contribution in [0.2, 0.25) is 0 Å². The van der Waals surface area contributed by atoms with Crippen molar-refractivity contribution in [2.24, 2.45) is 5.10 Å². The quantitative estimate of drug-likeness (QED) is 0.681. The Morgan fingerprint density at radius 3 is 2.67 bits per heavy atom. The van der Waals surface area contributed by atoms with Crippen molar-refractivity contribution in [2.45, 2.75) is 33.6 Å². The first-order chi connectivity index (χ1) is 11.6. The maximum Gasteiger partial charge on any atom is 0.147 e. The third-order valence-electron chi connectivity index (χ3n) is 4.72. The lowest BCUT2D eigenvalue weighted by Crippen LogP contribution is -2.02. The Morgan fingerprint density at radius 2 is 1.79 bits per heavy atom. The molecule has 0 spiro atoms. The molecule has 2 aromatic carbocycles. The van der Waals surface area contributed by atoms with Crippen molar-refractivity contribution in [3.63, 3.8) is 0 Å². The number of hydrogen-bond donors (Lipinski definition) is 1. The number of rotatable bonds is 2. The fraction of sp³-hybridized carbons (Fsp3) is 0.238. The van der Waals surface area contributed by atoms with Crippen LogP contribution in [0.3, 0.4) is 0 Å². The maximum absolute atomic E-state index is 4.78. The molecule has 0 bridgehead atoms. The first-order valence-electron chi connectivity index (χ1n) is 8.41. The van der Waals surface area contributed by atoms with Gasteiger partial charge in [-0.2, -0.15) is 5.10 Å². The zero-order valence-electron chi connectivity index (χ0n) is 14.4. The van der Waals surface area contributed by atoms with Crippen molar-refractivity contribution in [3.8, 4) is 0 Å². The van der Waals surface area contributed by atoms with Crippen LogP contribution in [0.25, 0.3) is 10.9 Å². The van der Waals surface area contributed by atoms with Gasteiger partial charge in [0.15, 0.2) is 0 Å². The lowest BCUT2D eigenvalue weighted by Gasteiger charge is -2.10. The van der Waals surface area contributed by atoms with Crippen LogP contribution in [0.4, 0.5) is 5.82 Å². The molecule has 3 heteroatoms. The minimum atomic E-state index is 0.809. The number of hydrazone groups is 1. The van der Waals surface area contributed by atoms with E-state index in [1.807, 2.05) is 0 Å². The summed E-state index contributed by atoms with van der Waals surface area (Å²) in [6.45, 7) is 6.37. The first kappa shape index (κ1) is 14.9. The first-order valence-corrected chi connectivity index (χ1v) is 8.41. The molecule has 1 aliphatic carbocycles. The topological polar surface area (TPSA) is 37.3 Å². The Hall–Kier alpha value is -2.68. The van der Waals surface area contributed by atoms with Gasteiger partial charge in [-0.3, -0.25) is 5.43 Å². The predicted molar refractivity (Wildman–Crippen MR) is 101 cm³/mol. The van der Waals surface area contributed by atoms with Crippen LogP contribution in [-0.2, 0) is 6.42 Å². The summed E-state index contributed by atoms with van der Waals surface area (Å²) >= 11 is 0. The summed E-state index contributed by atoms with van der Waals surface area (Å²) in [7, 11) is 0. The Morgan fingerprint density at radius 1 is 0.958 bits per heavy atom. The van der Waals surface area contributed by atoms with E-state index in [9.17, 15) is 0 Å². The van der Waals surface area contributed by atoms with Crippen LogP contribution in [-0.4, -0.2) is 10.7 Å². The summed E-state index contributed by atoms with van der Waals surface area (Å²) in [5, 5.41) is 5.85. The number of anilines is 1. The average molecular weight is 315 g/mol. The summed E-state index contributed by atoms with van der Waals surface area (Å²) in [6, 6.07) is 15.0. The Labute approximate surface area is 142 Å². The molecule has 0 radical (unpaired) electrons. The average Bonchev–Trinajstić information content (AvgIpc) is 2.97. The summed E-state index contributed by atoms with van der Waals surface area (Å²) in [4.78, 5) is 4.78. The summed E-state index contributed by atoms with van der Waals surface area (Å²) < 4.78 is 0. The highest BCUT2D eigenvalue weighted by Crippen LogP contribution is 2.26. The van der Waals surface area contributed by atoms with E-state index < -0.39 is 0 Å². The number of benzene rings is 2. The fourth-order valence-corrected chi connectivity index (χ4v) is 3.55. The molecule has 3 aromatic rings. The lowest BCUT2D eigenvalue weighted by atomic mass is 10.0. The number of aromatic nitrogens is 1. The second-order valence-corrected chi connectivity index (χ2v) is 6.63. The van der Waals surface area contributed by atoms with Gasteiger partial charge in [-0.15, -0.1) is 0 Å². The van der Waals surface area contributed by atoms with Gasteiger partial charge in [0.05, 0.1) is 11.2 Å². The number of aryl methyl sites for hydroxylation is 4. The van der Waals surface area contributed by atoms with Gasteiger partial charge in [0.25, 0.3) is 0 Å². The largest absolute Gasteiger partial charge is 0.261 e. The van der Waals surface area contributed by atoms with Crippen molar-refractivity contribution in [1.29, 1.82) is 0 Å². The van der Waals surface area contributed by atoms with Crippen LogP contribution >= 0.6 is 0 Å². The number of nitrogens with one attached hydrogen (secondary N) is 1. The highest BCUT2D eigenvalue weighted by molar-refractivity contribution is 6.04. The number of nitrogens with zero attached hydrogens (tertiary/aromatic N) is 2. The van der Waals surface area contributed by atoms with Crippen LogP contribution in [0.5, 0.6) is 0 Å². The van der Waals surface area contributed by atoms with Gasteiger partial charge >= 0.3 is 0 Å². The van der Waals surface area contributed by atoms with E-state index >= 15 is 0 Å². The Balaban J connectivity index is 1.70. The molecule has 0 unspecified atom stereocenters. The number of fused-ring (bicyclic) bond motifs is 2. The van der Waals surface area contributed by atoms with E-state index in [1.165, 1.54) is 33.2 Å². The van der Waals surface area contributed by atoms with Gasteiger partial charge in [-0.05, 0) is 62.4 Å². The second kappa shape index (κ2) is 5.75. The molecule has 3 nitrogen and oxygen atoms in total. The number of pyridine rings is 1. The van der Waals surface area contributed by atoms with Gasteiger partial charge in [-0.1, -0.05) is 35.9 Å². The molecule has 0 saturated carbocycles. The van der Waals surface area contributed by atoms with Crippen molar-refractivity contribution in [3.05, 3.63) is 70.3 Å². The van der Waals surface area contributed by atoms with E-state index in [1.54, 1.807) is 0 Å². The van der Waals surface area contributed by atoms with E-state index in [-0.39, 0.29) is 0 Å². The predicted octanol–water partition coefficient (Wildman–Crippen LogP) is 4.92. The van der Waals surface area contributed by atoms with E-state index in [0.29, 0.717) is 0 Å². The Kier molecular flexibility index (Phi) is 3.57. The normalized spacial score (nSPS) is 15.0. The van der Waals surface area contributed by atoms with Crippen LogP contribution in [0.15, 0.2) is 47.6 Å². The van der Waals surface area contributed by atoms with E-state index in [4.69, 9.17) is 4.98 Å². The van der Waals surface area contributed by atoms with Crippen LogP contribution < -0.4 is 5.43 Å². The van der Waals surface area contributed by atoms with Crippen LogP contribution in [0.1, 0.15) is 34.2 Å². The third kappa shape index (κ3) is 2.56. The summed E-state index contributed by atoms with van der Waals surface area (Å²) in [5.41, 5.74) is 11.7. The van der Waals surface area contributed by atoms with Crippen molar-refractivity contribution in [2.75, 3.05) is 5.43 Å². The zero-order valence-corrected chi connectivity index (χ0v) is 14.4. The smallest absolute Gasteiger partial charge is 0.147 e. The zero-order chi connectivity index (χ0) is 16.7. The highest BCUT2D eigenvalue weighted by Gasteiger charge is 2.16. The molecule has 0 aliphatic heterocycles. The molecule has 0 atom stereocenters. The molecule has 0 fully saturated rings. The van der Waals surface area contributed by atoms with Crippen molar-refractivity contribution < 1.29 is 0 Å². The monoisotopic (exact) mass is 315 g/mol. The minimum Gasteiger partial charge on any atom is -0.261 e. The molecule has 120 valence electrons. The molecule has 1 N–H and O–H groups in total. The number of hydrogen-bond acceptors (Lipinski definition) is 3. The molecule has 1 heterocycles.